The molecule has 1 saturated heterocycles. The van der Waals surface area contributed by atoms with Gasteiger partial charge in [0, 0.05) is 5.92 Å². The Balaban J connectivity index is 1.96. The van der Waals surface area contributed by atoms with Crippen LogP contribution in [0.15, 0.2) is 18.2 Å². The van der Waals surface area contributed by atoms with Crippen molar-refractivity contribution in [3.8, 4) is 0 Å². The summed E-state index contributed by atoms with van der Waals surface area (Å²) in [7, 11) is 0. The lowest BCUT2D eigenvalue weighted by atomic mass is 9.88. The molecule has 1 fully saturated rings. The molecule has 1 amide bonds. The third kappa shape index (κ3) is 2.36. The van der Waals surface area contributed by atoms with Gasteiger partial charge in [0.2, 0.25) is 11.9 Å². The topological polar surface area (TPSA) is 54.0 Å². The minimum atomic E-state index is -0.587. The van der Waals surface area contributed by atoms with Gasteiger partial charge in [-0.2, -0.15) is 4.39 Å². The number of aromatic nitrogens is 1. The van der Waals surface area contributed by atoms with Crippen molar-refractivity contribution >= 4 is 11.7 Å². The molecule has 2 N–H and O–H groups in total. The quantitative estimate of drug-likeness (QED) is 0.752. The van der Waals surface area contributed by atoms with E-state index in [1.807, 2.05) is 6.92 Å². The monoisotopic (exact) mass is 223 g/mol. The molecule has 0 bridgehead atoms. The summed E-state index contributed by atoms with van der Waals surface area (Å²) < 4.78 is 12.8. The molecule has 0 radical (unpaired) electrons. The predicted molar refractivity (Wildman–Crippen MR) is 58.3 cm³/mol. The molecule has 1 aromatic heterocycles. The Kier molecular flexibility index (Phi) is 3.14. The number of anilines is 1. The lowest BCUT2D eigenvalue weighted by Gasteiger charge is -2.31. The third-order valence-electron chi connectivity index (χ3n) is 2.90. The van der Waals surface area contributed by atoms with Gasteiger partial charge in [0.25, 0.3) is 0 Å². The Morgan fingerprint density at radius 2 is 2.38 bits per heavy atom. The maximum atomic E-state index is 12.8. The van der Waals surface area contributed by atoms with Gasteiger partial charge in [-0.05, 0) is 31.1 Å². The van der Waals surface area contributed by atoms with Crippen molar-refractivity contribution in [3.05, 3.63) is 24.1 Å². The normalized spacial score (nSPS) is 17.6. The van der Waals surface area contributed by atoms with Crippen LogP contribution < -0.4 is 10.6 Å². The van der Waals surface area contributed by atoms with Crippen LogP contribution in [-0.2, 0) is 4.79 Å². The maximum Gasteiger partial charge on any atom is 0.228 e. The highest BCUT2D eigenvalue weighted by atomic mass is 19.1. The molecule has 0 aromatic carbocycles. The molecule has 1 aliphatic heterocycles. The van der Waals surface area contributed by atoms with Crippen molar-refractivity contribution < 1.29 is 9.18 Å². The Hall–Kier alpha value is -1.49. The van der Waals surface area contributed by atoms with Gasteiger partial charge in [-0.3, -0.25) is 4.79 Å². The highest BCUT2D eigenvalue weighted by Crippen LogP contribution is 2.17. The summed E-state index contributed by atoms with van der Waals surface area (Å²) in [6.45, 7) is 3.61. The minimum Gasteiger partial charge on any atom is -0.316 e. The zero-order valence-corrected chi connectivity index (χ0v) is 9.03. The van der Waals surface area contributed by atoms with Crippen LogP contribution in [0, 0.1) is 17.8 Å². The van der Waals surface area contributed by atoms with Crippen molar-refractivity contribution in [3.63, 3.8) is 0 Å². The Morgan fingerprint density at radius 1 is 1.62 bits per heavy atom. The molecule has 2 heterocycles. The van der Waals surface area contributed by atoms with E-state index >= 15 is 0 Å². The number of nitrogens with one attached hydrogen (secondary N) is 2. The van der Waals surface area contributed by atoms with E-state index in [4.69, 9.17) is 0 Å². The molecule has 1 unspecified atom stereocenters. The van der Waals surface area contributed by atoms with Crippen LogP contribution in [0.25, 0.3) is 0 Å². The van der Waals surface area contributed by atoms with E-state index < -0.39 is 5.95 Å². The second-order valence-corrected chi connectivity index (χ2v) is 4.04. The molecule has 0 aliphatic carbocycles. The first-order valence-corrected chi connectivity index (χ1v) is 5.31. The summed E-state index contributed by atoms with van der Waals surface area (Å²) in [6, 6.07) is 4.34. The van der Waals surface area contributed by atoms with Gasteiger partial charge < -0.3 is 10.6 Å². The third-order valence-corrected chi connectivity index (χ3v) is 2.90. The number of carbonyl (C=O) groups excluding carboxylic acids is 1. The van der Waals surface area contributed by atoms with Gasteiger partial charge in [0.15, 0.2) is 0 Å². The van der Waals surface area contributed by atoms with Crippen LogP contribution in [0.4, 0.5) is 10.2 Å². The Labute approximate surface area is 93.3 Å². The number of hydrogen-bond donors (Lipinski definition) is 2. The van der Waals surface area contributed by atoms with Crippen molar-refractivity contribution in [2.75, 3.05) is 18.4 Å². The second kappa shape index (κ2) is 4.57. The minimum absolute atomic E-state index is 0.0775. The molecule has 0 spiro atoms. The first-order chi connectivity index (χ1) is 7.66. The number of carbonyl (C=O) groups is 1. The summed E-state index contributed by atoms with van der Waals surface area (Å²) in [6.07, 6.45) is 0. The number of rotatable bonds is 3. The summed E-state index contributed by atoms with van der Waals surface area (Å²) in [5, 5.41) is 5.73. The van der Waals surface area contributed by atoms with E-state index in [-0.39, 0.29) is 17.6 Å². The zero-order chi connectivity index (χ0) is 11.5. The van der Waals surface area contributed by atoms with E-state index in [1.54, 1.807) is 6.07 Å². The first-order valence-electron chi connectivity index (χ1n) is 5.31. The van der Waals surface area contributed by atoms with Gasteiger partial charge in [-0.25, -0.2) is 4.98 Å². The summed E-state index contributed by atoms with van der Waals surface area (Å²) in [5.74, 6) is -0.135. The molecule has 2 rings (SSSR count). The number of pyridine rings is 1. The van der Waals surface area contributed by atoms with Crippen molar-refractivity contribution in [1.82, 2.24) is 10.3 Å². The van der Waals surface area contributed by atoms with Crippen molar-refractivity contribution in [2.45, 2.75) is 6.92 Å². The lowest BCUT2D eigenvalue weighted by Crippen LogP contribution is -2.48. The van der Waals surface area contributed by atoms with Crippen LogP contribution in [0.3, 0.4) is 0 Å². The largest absolute Gasteiger partial charge is 0.316 e. The fourth-order valence-corrected chi connectivity index (χ4v) is 1.60. The molecule has 16 heavy (non-hydrogen) atoms. The second-order valence-electron chi connectivity index (χ2n) is 4.04. The average molecular weight is 223 g/mol. The molecule has 86 valence electrons. The number of hydrogen-bond acceptors (Lipinski definition) is 3. The van der Waals surface area contributed by atoms with Crippen LogP contribution >= 0.6 is 0 Å². The van der Waals surface area contributed by atoms with E-state index in [0.29, 0.717) is 5.92 Å². The summed E-state index contributed by atoms with van der Waals surface area (Å²) in [4.78, 5) is 15.3. The molecule has 1 aliphatic rings. The van der Waals surface area contributed by atoms with E-state index in [1.165, 1.54) is 12.1 Å². The Morgan fingerprint density at radius 3 is 2.94 bits per heavy atom. The van der Waals surface area contributed by atoms with E-state index in [2.05, 4.69) is 15.6 Å². The molecular weight excluding hydrogens is 209 g/mol. The SMILES string of the molecule is CC(C(=O)Nc1cccc(F)n1)C1CNC1. The molecule has 0 saturated carbocycles. The van der Waals surface area contributed by atoms with Gasteiger partial charge in [-0.15, -0.1) is 0 Å². The van der Waals surface area contributed by atoms with Gasteiger partial charge in [0.05, 0.1) is 0 Å². The van der Waals surface area contributed by atoms with Crippen molar-refractivity contribution in [1.29, 1.82) is 0 Å². The molecule has 1 atom stereocenters. The number of amides is 1. The average Bonchev–Trinajstić information content (AvgIpc) is 2.14. The molecule has 1 aromatic rings. The molecular formula is C11H14FN3O. The van der Waals surface area contributed by atoms with Gasteiger partial charge in [0.1, 0.15) is 5.82 Å². The standard InChI is InChI=1S/C11H14FN3O/c1-7(8-5-13-6-8)11(16)15-10-4-2-3-9(12)14-10/h2-4,7-8,13H,5-6H2,1H3,(H,14,15,16). The number of nitrogens with zero attached hydrogens (tertiary/aromatic N) is 1. The van der Waals surface area contributed by atoms with Crippen molar-refractivity contribution in [2.24, 2.45) is 11.8 Å². The van der Waals surface area contributed by atoms with Crippen LogP contribution in [0.2, 0.25) is 0 Å². The fraction of sp³-hybridized carbons (Fsp3) is 0.455. The first kappa shape index (κ1) is 11.0. The smallest absolute Gasteiger partial charge is 0.228 e. The number of halogens is 1. The highest BCUT2D eigenvalue weighted by molar-refractivity contribution is 5.91. The predicted octanol–water partition coefficient (Wildman–Crippen LogP) is 1.01. The van der Waals surface area contributed by atoms with Gasteiger partial charge in [-0.1, -0.05) is 13.0 Å². The Bertz CT molecular complexity index is 393. The van der Waals surface area contributed by atoms with Crippen LogP contribution in [0.1, 0.15) is 6.92 Å². The van der Waals surface area contributed by atoms with Crippen LogP contribution in [-0.4, -0.2) is 24.0 Å². The maximum absolute atomic E-state index is 12.8. The zero-order valence-electron chi connectivity index (χ0n) is 9.03. The molecule has 4 nitrogen and oxygen atoms in total. The van der Waals surface area contributed by atoms with Gasteiger partial charge >= 0.3 is 0 Å². The van der Waals surface area contributed by atoms with Crippen LogP contribution in [0.5, 0.6) is 0 Å². The highest BCUT2D eigenvalue weighted by Gasteiger charge is 2.28. The lowest BCUT2D eigenvalue weighted by molar-refractivity contribution is -0.121. The molecule has 5 heteroatoms. The van der Waals surface area contributed by atoms with E-state index in [9.17, 15) is 9.18 Å². The summed E-state index contributed by atoms with van der Waals surface area (Å²) >= 11 is 0. The summed E-state index contributed by atoms with van der Waals surface area (Å²) in [5.41, 5.74) is 0. The fourth-order valence-electron chi connectivity index (χ4n) is 1.60. The van der Waals surface area contributed by atoms with E-state index in [0.717, 1.165) is 13.1 Å².